The molecule has 0 radical (unpaired) electrons. The number of hydrogen-bond donors (Lipinski definition) is 6. The van der Waals surface area contributed by atoms with Gasteiger partial charge >= 0.3 is 0 Å². The highest BCUT2D eigenvalue weighted by molar-refractivity contribution is 7.71. The first kappa shape index (κ1) is 21.8. The van der Waals surface area contributed by atoms with Crippen LogP contribution in [0.5, 0.6) is 0 Å². The highest BCUT2D eigenvalue weighted by Crippen LogP contribution is 2.20. The van der Waals surface area contributed by atoms with Crippen molar-refractivity contribution in [3.05, 3.63) is 11.0 Å². The van der Waals surface area contributed by atoms with Crippen LogP contribution in [0.25, 0.3) is 11.2 Å². The molecule has 2 aromatic rings. The molecule has 2 aromatic heterocycles. The molecule has 0 spiro atoms. The molecule has 2 heterocycles. The number of H-pyrrole nitrogens is 1. The van der Waals surface area contributed by atoms with E-state index in [2.05, 4.69) is 44.0 Å². The molecular formula is C17H22N6O4S. The molecule has 0 aliphatic heterocycles. The third-order valence-electron chi connectivity index (χ3n) is 3.69. The van der Waals surface area contributed by atoms with E-state index in [-0.39, 0.29) is 11.2 Å². The highest BCUT2D eigenvalue weighted by Gasteiger charge is 2.23. The Labute approximate surface area is 166 Å². The van der Waals surface area contributed by atoms with Crippen molar-refractivity contribution in [3.63, 3.8) is 0 Å². The molecule has 0 amide bonds. The van der Waals surface area contributed by atoms with Gasteiger partial charge in [0.25, 0.3) is 0 Å². The number of ether oxygens (including phenoxy) is 1. The van der Waals surface area contributed by atoms with Gasteiger partial charge in [-0.25, -0.2) is 9.97 Å². The van der Waals surface area contributed by atoms with E-state index in [9.17, 15) is 10.2 Å². The lowest BCUT2D eigenvalue weighted by molar-refractivity contribution is -0.125. The fraction of sp³-hybridized carbons (Fsp3) is 0.471. The number of aliphatic hydroxyl groups is 3. The molecule has 11 heteroatoms. The molecular weight excluding hydrogens is 384 g/mol. The summed E-state index contributed by atoms with van der Waals surface area (Å²) < 4.78 is 7.57. The molecule has 2 unspecified atom stereocenters. The summed E-state index contributed by atoms with van der Waals surface area (Å²) in [7, 11) is 0. The lowest BCUT2D eigenvalue weighted by atomic mass is 10.2. The van der Waals surface area contributed by atoms with E-state index in [4.69, 9.17) is 27.8 Å². The standard InChI is InChI=1S/C17H22N6O4S/c1-11(27-13(9-25)12(26)8-24)23-10-20-14-15(23)21-17(22-16(14)28)19-7-5-3-2-4-6-18/h10-13,24-26H,6-9,18H2,1H3,(H2,19,21,22,28)/t11?,12?,13-/m1/s1. The summed E-state index contributed by atoms with van der Waals surface area (Å²) >= 11 is 5.28. The van der Waals surface area contributed by atoms with Crippen molar-refractivity contribution in [3.8, 4) is 23.7 Å². The third-order valence-corrected chi connectivity index (χ3v) is 3.98. The Morgan fingerprint density at radius 3 is 2.79 bits per heavy atom. The lowest BCUT2D eigenvalue weighted by Crippen LogP contribution is -2.36. The largest absolute Gasteiger partial charge is 0.394 e. The fourth-order valence-electron chi connectivity index (χ4n) is 2.30. The zero-order chi connectivity index (χ0) is 20.5. The van der Waals surface area contributed by atoms with E-state index in [0.717, 1.165) is 0 Å². The van der Waals surface area contributed by atoms with Crippen molar-refractivity contribution >= 4 is 29.3 Å². The Balaban J connectivity index is 2.22. The zero-order valence-electron chi connectivity index (χ0n) is 15.2. The molecule has 7 N–H and O–H groups in total. The number of imidazole rings is 1. The van der Waals surface area contributed by atoms with Crippen molar-refractivity contribution < 1.29 is 20.1 Å². The maximum Gasteiger partial charge on any atom is 0.203 e. The first-order valence-electron chi connectivity index (χ1n) is 8.43. The molecule has 2 rings (SSSR count). The van der Waals surface area contributed by atoms with Crippen LogP contribution in [0.2, 0.25) is 0 Å². The van der Waals surface area contributed by atoms with Crippen LogP contribution in [0.15, 0.2) is 6.33 Å². The van der Waals surface area contributed by atoms with Crippen LogP contribution in [0.1, 0.15) is 13.2 Å². The summed E-state index contributed by atoms with van der Waals surface area (Å²) in [4.78, 5) is 11.5. The van der Waals surface area contributed by atoms with Crippen LogP contribution in [-0.2, 0) is 4.74 Å². The Hall–Kier alpha value is -2.51. The van der Waals surface area contributed by atoms with Gasteiger partial charge in [0.1, 0.15) is 29.6 Å². The van der Waals surface area contributed by atoms with Gasteiger partial charge in [0.15, 0.2) is 4.64 Å². The molecule has 0 aliphatic carbocycles. The lowest BCUT2D eigenvalue weighted by Gasteiger charge is -2.24. The first-order valence-corrected chi connectivity index (χ1v) is 8.84. The van der Waals surface area contributed by atoms with Gasteiger partial charge in [0.2, 0.25) is 5.95 Å². The van der Waals surface area contributed by atoms with E-state index in [1.807, 2.05) is 0 Å². The number of rotatable bonds is 8. The van der Waals surface area contributed by atoms with Crippen LogP contribution in [0.3, 0.4) is 0 Å². The van der Waals surface area contributed by atoms with Gasteiger partial charge in [-0.1, -0.05) is 24.1 Å². The average molecular weight is 406 g/mol. The normalized spacial score (nSPS) is 13.8. The summed E-state index contributed by atoms with van der Waals surface area (Å²) in [6.07, 6.45) is -1.27. The van der Waals surface area contributed by atoms with Gasteiger partial charge in [-0.2, -0.15) is 0 Å². The number of nitrogens with one attached hydrogen (secondary N) is 2. The number of anilines is 1. The number of aromatic amines is 1. The monoisotopic (exact) mass is 406 g/mol. The van der Waals surface area contributed by atoms with Gasteiger partial charge in [0, 0.05) is 0 Å². The number of nitrogens with zero attached hydrogens (tertiary/aromatic N) is 3. The van der Waals surface area contributed by atoms with Gasteiger partial charge in [-0.05, 0) is 18.8 Å². The smallest absolute Gasteiger partial charge is 0.203 e. The SMILES string of the molecule is CC(O[C@H](CO)C(O)CO)n1cnc2c(=S)nc(NCC#CC#CCN)[nH]c21. The maximum atomic E-state index is 9.71. The van der Waals surface area contributed by atoms with Crippen LogP contribution in [0.4, 0.5) is 5.95 Å². The molecule has 150 valence electrons. The van der Waals surface area contributed by atoms with Crippen molar-refractivity contribution in [1.29, 1.82) is 0 Å². The number of hydrogen-bond acceptors (Lipinski definition) is 9. The molecule has 3 atom stereocenters. The van der Waals surface area contributed by atoms with Crippen molar-refractivity contribution in [2.45, 2.75) is 25.4 Å². The molecule has 0 fully saturated rings. The minimum Gasteiger partial charge on any atom is -0.394 e. The molecule has 0 aromatic carbocycles. The Morgan fingerprint density at radius 1 is 1.36 bits per heavy atom. The summed E-state index contributed by atoms with van der Waals surface area (Å²) in [5, 5.41) is 31.1. The van der Waals surface area contributed by atoms with Crippen LogP contribution in [-0.4, -0.2) is 73.3 Å². The van der Waals surface area contributed by atoms with Crippen LogP contribution < -0.4 is 11.1 Å². The minimum absolute atomic E-state index is 0.254. The van der Waals surface area contributed by atoms with E-state index < -0.39 is 31.6 Å². The fourth-order valence-corrected chi connectivity index (χ4v) is 2.54. The molecule has 0 aliphatic rings. The third kappa shape index (κ3) is 5.50. The van der Waals surface area contributed by atoms with Crippen molar-refractivity contribution in [1.82, 2.24) is 19.5 Å². The minimum atomic E-state index is -1.21. The van der Waals surface area contributed by atoms with Gasteiger partial charge in [0.05, 0.1) is 32.6 Å². The van der Waals surface area contributed by atoms with Crippen molar-refractivity contribution in [2.75, 3.05) is 31.6 Å². The second-order valence-electron chi connectivity index (χ2n) is 5.61. The molecule has 10 nitrogen and oxygen atoms in total. The van der Waals surface area contributed by atoms with Gasteiger partial charge in [-0.15, -0.1) is 0 Å². The topological polar surface area (TPSA) is 154 Å². The number of aromatic nitrogens is 4. The maximum absolute atomic E-state index is 9.71. The Morgan fingerprint density at radius 2 is 2.11 bits per heavy atom. The number of aliphatic hydroxyl groups excluding tert-OH is 3. The molecule has 0 saturated heterocycles. The second kappa shape index (κ2) is 10.7. The van der Waals surface area contributed by atoms with E-state index >= 15 is 0 Å². The van der Waals surface area contributed by atoms with E-state index in [1.54, 1.807) is 11.5 Å². The Bertz CT molecular complexity index is 967. The quantitative estimate of drug-likeness (QED) is 0.242. The van der Waals surface area contributed by atoms with E-state index in [1.165, 1.54) is 6.33 Å². The predicted molar refractivity (Wildman–Crippen MR) is 106 cm³/mol. The van der Waals surface area contributed by atoms with Crippen LogP contribution >= 0.6 is 12.2 Å². The van der Waals surface area contributed by atoms with Gasteiger partial charge < -0.3 is 36.1 Å². The summed E-state index contributed by atoms with van der Waals surface area (Å²) in [6.45, 7) is 1.27. The highest BCUT2D eigenvalue weighted by atomic mass is 32.1. The zero-order valence-corrected chi connectivity index (χ0v) is 16.0. The summed E-state index contributed by atoms with van der Waals surface area (Å²) in [6, 6.07) is 0. The molecule has 0 bridgehead atoms. The predicted octanol–water partition coefficient (Wildman–Crippen LogP) is -0.885. The van der Waals surface area contributed by atoms with Crippen molar-refractivity contribution in [2.24, 2.45) is 5.73 Å². The molecule has 0 saturated carbocycles. The number of fused-ring (bicyclic) bond motifs is 1. The first-order chi connectivity index (χ1) is 13.5. The van der Waals surface area contributed by atoms with Gasteiger partial charge in [-0.3, -0.25) is 4.57 Å². The second-order valence-corrected chi connectivity index (χ2v) is 5.99. The average Bonchev–Trinajstić information content (AvgIpc) is 3.12. The number of nitrogens with two attached hydrogens (primary N) is 1. The summed E-state index contributed by atoms with van der Waals surface area (Å²) in [5.41, 5.74) is 6.27. The van der Waals surface area contributed by atoms with E-state index in [0.29, 0.717) is 23.7 Å². The van der Waals surface area contributed by atoms with Crippen LogP contribution in [0, 0.1) is 28.3 Å². The Kier molecular flexibility index (Phi) is 8.35. The summed E-state index contributed by atoms with van der Waals surface area (Å²) in [5.74, 6) is 11.1. The molecule has 28 heavy (non-hydrogen) atoms.